The average Bonchev–Trinajstić information content (AvgIpc) is 2.53. The molecular formula is C16H12N2O2S. The van der Waals surface area contributed by atoms with Crippen molar-refractivity contribution in [2.45, 2.75) is 10.6 Å². The zero-order valence-corrected chi connectivity index (χ0v) is 11.9. The molecule has 4 nitrogen and oxygen atoms in total. The van der Waals surface area contributed by atoms with Gasteiger partial charge >= 0.3 is 0 Å². The number of fused-ring (bicyclic) bond motifs is 1. The van der Waals surface area contributed by atoms with E-state index in [0.29, 0.717) is 0 Å². The maximum atomic E-state index is 10.6. The van der Waals surface area contributed by atoms with Gasteiger partial charge in [0.15, 0.2) is 0 Å². The van der Waals surface area contributed by atoms with E-state index in [-0.39, 0.29) is 10.6 Å². The molecule has 104 valence electrons. The molecule has 0 aliphatic heterocycles. The Morgan fingerprint density at radius 2 is 1.81 bits per heavy atom. The van der Waals surface area contributed by atoms with Gasteiger partial charge < -0.3 is 0 Å². The van der Waals surface area contributed by atoms with Crippen molar-refractivity contribution in [1.29, 1.82) is 0 Å². The Bertz CT molecular complexity index is 782. The highest BCUT2D eigenvalue weighted by Crippen LogP contribution is 2.29. The molecule has 0 amide bonds. The van der Waals surface area contributed by atoms with E-state index < -0.39 is 0 Å². The Hall–Kier alpha value is -2.40. The number of aromatic nitrogens is 1. The summed E-state index contributed by atoms with van der Waals surface area (Å²) in [5, 5.41) is 11.8. The number of nitrogens with zero attached hydrogens (tertiary/aromatic N) is 2. The standard InChI is InChI=1S/C16H12N2O2S/c19-18(20)13-7-5-12(6-8-13)11-21-16-9-10-17-15-4-2-1-3-14(15)16/h1-10H,11H2. The van der Waals surface area contributed by atoms with Crippen molar-refractivity contribution in [2.75, 3.05) is 0 Å². The van der Waals surface area contributed by atoms with Crippen molar-refractivity contribution in [2.24, 2.45) is 0 Å². The molecule has 0 N–H and O–H groups in total. The van der Waals surface area contributed by atoms with Gasteiger partial charge in [0.2, 0.25) is 0 Å². The van der Waals surface area contributed by atoms with Crippen LogP contribution in [-0.4, -0.2) is 9.91 Å². The minimum Gasteiger partial charge on any atom is -0.258 e. The fraction of sp³-hybridized carbons (Fsp3) is 0.0625. The van der Waals surface area contributed by atoms with E-state index in [4.69, 9.17) is 0 Å². The van der Waals surface area contributed by atoms with Crippen molar-refractivity contribution in [3.63, 3.8) is 0 Å². The smallest absolute Gasteiger partial charge is 0.258 e. The number of thioether (sulfide) groups is 1. The van der Waals surface area contributed by atoms with Crippen LogP contribution in [0.4, 0.5) is 5.69 Å². The van der Waals surface area contributed by atoms with Crippen LogP contribution < -0.4 is 0 Å². The molecule has 5 heteroatoms. The number of hydrogen-bond donors (Lipinski definition) is 0. The van der Waals surface area contributed by atoms with Crippen molar-refractivity contribution < 1.29 is 4.92 Å². The van der Waals surface area contributed by atoms with Crippen LogP contribution >= 0.6 is 11.8 Å². The van der Waals surface area contributed by atoms with E-state index in [1.807, 2.05) is 24.3 Å². The highest BCUT2D eigenvalue weighted by Gasteiger charge is 2.05. The molecule has 0 bridgehead atoms. The molecule has 0 aliphatic carbocycles. The first-order valence-electron chi connectivity index (χ1n) is 6.44. The number of pyridine rings is 1. The van der Waals surface area contributed by atoms with E-state index in [2.05, 4.69) is 11.1 Å². The van der Waals surface area contributed by atoms with Crippen LogP contribution in [0.5, 0.6) is 0 Å². The first-order valence-corrected chi connectivity index (χ1v) is 7.42. The van der Waals surface area contributed by atoms with Crippen LogP contribution in [0.1, 0.15) is 5.56 Å². The minimum absolute atomic E-state index is 0.123. The summed E-state index contributed by atoms with van der Waals surface area (Å²) in [5.41, 5.74) is 2.16. The van der Waals surface area contributed by atoms with Crippen LogP contribution in [0, 0.1) is 10.1 Å². The number of para-hydroxylation sites is 1. The Morgan fingerprint density at radius 3 is 2.57 bits per heavy atom. The Labute approximate surface area is 126 Å². The summed E-state index contributed by atoms with van der Waals surface area (Å²) < 4.78 is 0. The van der Waals surface area contributed by atoms with E-state index in [1.54, 1.807) is 42.2 Å². The molecule has 2 aromatic carbocycles. The average molecular weight is 296 g/mol. The van der Waals surface area contributed by atoms with Crippen molar-refractivity contribution in [3.8, 4) is 0 Å². The van der Waals surface area contributed by atoms with Gasteiger partial charge in [-0.25, -0.2) is 0 Å². The fourth-order valence-corrected chi connectivity index (χ4v) is 3.07. The molecule has 3 rings (SSSR count). The second-order valence-corrected chi connectivity index (χ2v) is 5.56. The van der Waals surface area contributed by atoms with E-state index in [1.165, 1.54) is 4.90 Å². The van der Waals surface area contributed by atoms with Gasteiger partial charge in [-0.05, 0) is 17.7 Å². The Kier molecular flexibility index (Phi) is 3.83. The van der Waals surface area contributed by atoms with Crippen LogP contribution in [0.3, 0.4) is 0 Å². The first kappa shape index (κ1) is 13.6. The van der Waals surface area contributed by atoms with Gasteiger partial charge in [-0.15, -0.1) is 11.8 Å². The zero-order valence-electron chi connectivity index (χ0n) is 11.1. The molecule has 0 aliphatic rings. The second-order valence-electron chi connectivity index (χ2n) is 4.54. The molecule has 0 atom stereocenters. The van der Waals surface area contributed by atoms with Crippen LogP contribution in [0.25, 0.3) is 10.9 Å². The molecule has 0 fully saturated rings. The summed E-state index contributed by atoms with van der Waals surface area (Å²) in [6.07, 6.45) is 1.81. The molecular weight excluding hydrogens is 284 g/mol. The van der Waals surface area contributed by atoms with E-state index >= 15 is 0 Å². The summed E-state index contributed by atoms with van der Waals surface area (Å²) in [7, 11) is 0. The fourth-order valence-electron chi connectivity index (χ4n) is 2.07. The van der Waals surface area contributed by atoms with Crippen LogP contribution in [0.15, 0.2) is 65.7 Å². The van der Waals surface area contributed by atoms with Gasteiger partial charge in [-0.2, -0.15) is 0 Å². The summed E-state index contributed by atoms with van der Waals surface area (Å²) in [6.45, 7) is 0. The van der Waals surface area contributed by atoms with Gasteiger partial charge in [0.1, 0.15) is 0 Å². The Morgan fingerprint density at radius 1 is 1.05 bits per heavy atom. The molecule has 0 unspecified atom stereocenters. The summed E-state index contributed by atoms with van der Waals surface area (Å²) >= 11 is 1.71. The van der Waals surface area contributed by atoms with Crippen LogP contribution in [0.2, 0.25) is 0 Å². The Balaban J connectivity index is 1.79. The number of nitro benzene ring substituents is 1. The van der Waals surface area contributed by atoms with Gasteiger partial charge in [-0.1, -0.05) is 30.3 Å². The lowest BCUT2D eigenvalue weighted by Crippen LogP contribution is -1.88. The number of non-ortho nitro benzene ring substituents is 1. The minimum atomic E-state index is -0.382. The molecule has 3 aromatic rings. The van der Waals surface area contributed by atoms with E-state index in [0.717, 1.165) is 22.2 Å². The largest absolute Gasteiger partial charge is 0.269 e. The third-order valence-corrected chi connectivity index (χ3v) is 4.30. The van der Waals surface area contributed by atoms with Gasteiger partial charge in [0.25, 0.3) is 5.69 Å². The highest BCUT2D eigenvalue weighted by molar-refractivity contribution is 7.98. The normalized spacial score (nSPS) is 10.7. The monoisotopic (exact) mass is 296 g/mol. The van der Waals surface area contributed by atoms with Gasteiger partial charge in [0, 0.05) is 34.4 Å². The third kappa shape index (κ3) is 3.03. The molecule has 0 radical (unpaired) electrons. The lowest BCUT2D eigenvalue weighted by molar-refractivity contribution is -0.384. The third-order valence-electron chi connectivity index (χ3n) is 3.15. The number of hydrogen-bond acceptors (Lipinski definition) is 4. The van der Waals surface area contributed by atoms with E-state index in [9.17, 15) is 10.1 Å². The lowest BCUT2D eigenvalue weighted by Gasteiger charge is -2.05. The predicted molar refractivity (Wildman–Crippen MR) is 84.4 cm³/mol. The quantitative estimate of drug-likeness (QED) is 0.406. The molecule has 0 saturated heterocycles. The topological polar surface area (TPSA) is 56.0 Å². The van der Waals surface area contributed by atoms with Crippen molar-refractivity contribution in [3.05, 3.63) is 76.5 Å². The van der Waals surface area contributed by atoms with Crippen molar-refractivity contribution >= 4 is 28.4 Å². The number of nitro groups is 1. The number of rotatable bonds is 4. The highest BCUT2D eigenvalue weighted by atomic mass is 32.2. The maximum absolute atomic E-state index is 10.6. The molecule has 0 spiro atoms. The van der Waals surface area contributed by atoms with Crippen LogP contribution in [-0.2, 0) is 5.75 Å². The lowest BCUT2D eigenvalue weighted by atomic mass is 10.2. The second kappa shape index (κ2) is 5.93. The van der Waals surface area contributed by atoms with Crippen molar-refractivity contribution in [1.82, 2.24) is 4.98 Å². The molecule has 0 saturated carbocycles. The molecule has 1 heterocycles. The van der Waals surface area contributed by atoms with Gasteiger partial charge in [0.05, 0.1) is 10.4 Å². The number of benzene rings is 2. The SMILES string of the molecule is O=[N+]([O-])c1ccc(CSc2ccnc3ccccc23)cc1. The maximum Gasteiger partial charge on any atom is 0.269 e. The molecule has 21 heavy (non-hydrogen) atoms. The first-order chi connectivity index (χ1) is 10.2. The summed E-state index contributed by atoms with van der Waals surface area (Å²) in [5.74, 6) is 0.770. The zero-order chi connectivity index (χ0) is 14.7. The summed E-state index contributed by atoms with van der Waals surface area (Å²) in [4.78, 5) is 15.8. The summed E-state index contributed by atoms with van der Waals surface area (Å²) in [6, 6.07) is 16.7. The van der Waals surface area contributed by atoms with Gasteiger partial charge in [-0.3, -0.25) is 15.1 Å². The molecule has 1 aromatic heterocycles. The predicted octanol–water partition coefficient (Wildman–Crippen LogP) is 4.44.